The van der Waals surface area contributed by atoms with Crippen LogP contribution >= 0.6 is 0 Å². The van der Waals surface area contributed by atoms with Crippen molar-refractivity contribution >= 4 is 0 Å². The van der Waals surface area contributed by atoms with E-state index in [0.29, 0.717) is 0 Å². The first kappa shape index (κ1) is 11.6. The standard InChI is InChI=1S/C3H8.C2H7NO3/c1-3-2;1-3-2(4,5)6/h3H2,1-2H3;3-6H,1H3. The van der Waals surface area contributed by atoms with Gasteiger partial charge in [0.15, 0.2) is 0 Å². The number of rotatable bonds is 1. The Morgan fingerprint density at radius 2 is 1.33 bits per heavy atom. The van der Waals surface area contributed by atoms with E-state index in [1.807, 2.05) is 0 Å². The Balaban J connectivity index is 0. The lowest BCUT2D eigenvalue weighted by Crippen LogP contribution is -2.41. The first-order chi connectivity index (χ1) is 3.97. The van der Waals surface area contributed by atoms with Gasteiger partial charge >= 0.3 is 6.10 Å². The maximum Gasteiger partial charge on any atom is 0.342 e. The predicted octanol–water partition coefficient (Wildman–Crippen LogP) is -0.790. The number of aliphatic hydroxyl groups is 3. The van der Waals surface area contributed by atoms with Gasteiger partial charge in [-0.05, 0) is 7.05 Å². The summed E-state index contributed by atoms with van der Waals surface area (Å²) in [7, 11) is 1.21. The van der Waals surface area contributed by atoms with E-state index < -0.39 is 6.10 Å². The monoisotopic (exact) mass is 137 g/mol. The molecule has 4 nitrogen and oxygen atoms in total. The van der Waals surface area contributed by atoms with Crippen LogP contribution in [0, 0.1) is 0 Å². The van der Waals surface area contributed by atoms with E-state index in [0.717, 1.165) is 0 Å². The fourth-order valence-electron chi connectivity index (χ4n) is 0. The molecule has 0 aromatic rings. The molecule has 0 atom stereocenters. The lowest BCUT2D eigenvalue weighted by atomic mass is 10.6. The summed E-state index contributed by atoms with van der Waals surface area (Å²) in [4.78, 5) is 0. The molecular formula is C5H15NO3. The number of hydrogen-bond donors (Lipinski definition) is 4. The molecule has 0 saturated carbocycles. The maximum absolute atomic E-state index is 7.83. The molecule has 0 aliphatic carbocycles. The van der Waals surface area contributed by atoms with Crippen molar-refractivity contribution < 1.29 is 15.3 Å². The summed E-state index contributed by atoms with van der Waals surface area (Å²) in [6, 6.07) is 0. The van der Waals surface area contributed by atoms with Crippen LogP contribution in [-0.4, -0.2) is 28.5 Å². The summed E-state index contributed by atoms with van der Waals surface area (Å²) in [6.07, 6.45) is -1.46. The van der Waals surface area contributed by atoms with Crippen LogP contribution in [0.3, 0.4) is 0 Å². The molecular weight excluding hydrogens is 122 g/mol. The third-order valence-electron chi connectivity index (χ3n) is 0.335. The van der Waals surface area contributed by atoms with Crippen LogP contribution in [0.1, 0.15) is 20.3 Å². The van der Waals surface area contributed by atoms with Crippen LogP contribution in [0.4, 0.5) is 0 Å². The highest BCUT2D eigenvalue weighted by Crippen LogP contribution is 1.77. The van der Waals surface area contributed by atoms with Crippen LogP contribution in [0.15, 0.2) is 0 Å². The van der Waals surface area contributed by atoms with Crippen molar-refractivity contribution in [3.05, 3.63) is 0 Å². The van der Waals surface area contributed by atoms with E-state index in [1.54, 1.807) is 5.32 Å². The Labute approximate surface area is 55.1 Å². The molecule has 0 saturated heterocycles. The second-order valence-electron chi connectivity index (χ2n) is 1.59. The second-order valence-corrected chi connectivity index (χ2v) is 1.59. The van der Waals surface area contributed by atoms with Crippen LogP contribution in [0.2, 0.25) is 0 Å². The molecule has 0 aromatic carbocycles. The number of nitrogens with one attached hydrogen (secondary N) is 1. The van der Waals surface area contributed by atoms with Gasteiger partial charge < -0.3 is 15.3 Å². The molecule has 0 aliphatic rings. The lowest BCUT2D eigenvalue weighted by Gasteiger charge is -2.09. The topological polar surface area (TPSA) is 72.7 Å². The molecule has 0 amide bonds. The smallest absolute Gasteiger partial charge is 0.330 e. The quantitative estimate of drug-likeness (QED) is 0.357. The Bertz CT molecular complexity index is 50.7. The highest BCUT2D eigenvalue weighted by Gasteiger charge is 2.11. The maximum atomic E-state index is 7.83. The SMILES string of the molecule is CCC.CNC(O)(O)O. The first-order valence-electron chi connectivity index (χ1n) is 2.84. The third-order valence-corrected chi connectivity index (χ3v) is 0.335. The van der Waals surface area contributed by atoms with Crippen LogP contribution < -0.4 is 5.32 Å². The van der Waals surface area contributed by atoms with E-state index in [9.17, 15) is 0 Å². The van der Waals surface area contributed by atoms with E-state index in [4.69, 9.17) is 15.3 Å². The lowest BCUT2D eigenvalue weighted by molar-refractivity contribution is -0.328. The van der Waals surface area contributed by atoms with Crippen molar-refractivity contribution in [2.75, 3.05) is 7.05 Å². The minimum absolute atomic E-state index is 1.21. The minimum Gasteiger partial charge on any atom is -0.330 e. The molecule has 0 aliphatic heterocycles. The first-order valence-corrected chi connectivity index (χ1v) is 2.84. The zero-order chi connectivity index (χ0) is 7.91. The summed E-state index contributed by atoms with van der Waals surface area (Å²) < 4.78 is 0. The fourth-order valence-corrected chi connectivity index (χ4v) is 0. The largest absolute Gasteiger partial charge is 0.342 e. The van der Waals surface area contributed by atoms with E-state index in [-0.39, 0.29) is 0 Å². The molecule has 0 fully saturated rings. The zero-order valence-electron chi connectivity index (χ0n) is 6.05. The fraction of sp³-hybridized carbons (Fsp3) is 1.00. The van der Waals surface area contributed by atoms with Gasteiger partial charge in [-0.25, -0.2) is 5.32 Å². The normalized spacial score (nSPS) is 10.0. The van der Waals surface area contributed by atoms with Crippen molar-refractivity contribution in [1.82, 2.24) is 5.32 Å². The van der Waals surface area contributed by atoms with E-state index >= 15 is 0 Å². The van der Waals surface area contributed by atoms with Gasteiger partial charge in [0.25, 0.3) is 0 Å². The number of hydrogen-bond acceptors (Lipinski definition) is 4. The second kappa shape index (κ2) is 5.97. The zero-order valence-corrected chi connectivity index (χ0v) is 6.05. The molecule has 0 unspecified atom stereocenters. The van der Waals surface area contributed by atoms with Gasteiger partial charge in [0.2, 0.25) is 0 Å². The Morgan fingerprint density at radius 3 is 1.33 bits per heavy atom. The van der Waals surface area contributed by atoms with Gasteiger partial charge in [-0.1, -0.05) is 20.3 Å². The van der Waals surface area contributed by atoms with Crippen molar-refractivity contribution in [3.8, 4) is 0 Å². The molecule has 0 bridgehead atoms. The van der Waals surface area contributed by atoms with Gasteiger partial charge in [0, 0.05) is 0 Å². The van der Waals surface area contributed by atoms with Gasteiger partial charge in [-0.2, -0.15) is 0 Å². The van der Waals surface area contributed by atoms with Crippen LogP contribution in [0.25, 0.3) is 0 Å². The summed E-state index contributed by atoms with van der Waals surface area (Å²) in [6.45, 7) is 4.25. The summed E-state index contributed by atoms with van der Waals surface area (Å²) in [5.41, 5.74) is 0. The Kier molecular flexibility index (Phi) is 7.70. The van der Waals surface area contributed by atoms with E-state index in [2.05, 4.69) is 13.8 Å². The molecule has 58 valence electrons. The van der Waals surface area contributed by atoms with Gasteiger partial charge in [-0.3, -0.25) is 0 Å². The molecule has 4 N–H and O–H groups in total. The molecule has 0 aromatic heterocycles. The molecule has 0 radical (unpaired) electrons. The minimum atomic E-state index is -2.71. The van der Waals surface area contributed by atoms with Crippen molar-refractivity contribution in [2.24, 2.45) is 0 Å². The Hall–Kier alpha value is -0.160. The highest BCUT2D eigenvalue weighted by molar-refractivity contribution is 4.29. The third kappa shape index (κ3) is 33.2. The van der Waals surface area contributed by atoms with Gasteiger partial charge in [-0.15, -0.1) is 0 Å². The Morgan fingerprint density at radius 1 is 1.22 bits per heavy atom. The van der Waals surface area contributed by atoms with E-state index in [1.165, 1.54) is 13.5 Å². The van der Waals surface area contributed by atoms with Crippen LogP contribution in [-0.2, 0) is 0 Å². The molecule has 0 heterocycles. The molecule has 0 spiro atoms. The average molecular weight is 137 g/mol. The van der Waals surface area contributed by atoms with Crippen molar-refractivity contribution in [1.29, 1.82) is 0 Å². The summed E-state index contributed by atoms with van der Waals surface area (Å²) >= 11 is 0. The molecule has 0 rings (SSSR count). The predicted molar refractivity (Wildman–Crippen MR) is 34.4 cm³/mol. The summed E-state index contributed by atoms with van der Waals surface area (Å²) in [5, 5.41) is 25.3. The molecule has 4 heteroatoms. The van der Waals surface area contributed by atoms with Gasteiger partial charge in [0.05, 0.1) is 0 Å². The summed E-state index contributed by atoms with van der Waals surface area (Å²) in [5.74, 6) is 0. The average Bonchev–Trinajstić information content (AvgIpc) is 1.67. The highest BCUT2D eigenvalue weighted by atomic mass is 16.7. The van der Waals surface area contributed by atoms with Crippen molar-refractivity contribution in [2.45, 2.75) is 26.4 Å². The van der Waals surface area contributed by atoms with Crippen molar-refractivity contribution in [3.63, 3.8) is 0 Å². The van der Waals surface area contributed by atoms with Gasteiger partial charge in [0.1, 0.15) is 0 Å². The molecule has 9 heavy (non-hydrogen) atoms. The van der Waals surface area contributed by atoms with Crippen LogP contribution in [0.5, 0.6) is 0 Å².